The summed E-state index contributed by atoms with van der Waals surface area (Å²) in [5.41, 5.74) is 3.99. The van der Waals surface area contributed by atoms with Gasteiger partial charge in [0.2, 0.25) is 5.89 Å². The van der Waals surface area contributed by atoms with Crippen molar-refractivity contribution in [2.24, 2.45) is 0 Å². The quantitative estimate of drug-likeness (QED) is 0.250. The molecule has 0 saturated heterocycles. The molecule has 156 valence electrons. The van der Waals surface area contributed by atoms with Gasteiger partial charge >= 0.3 is 0 Å². The molecule has 1 amide bonds. The molecule has 4 rings (SSSR count). The third-order valence-electron chi connectivity index (χ3n) is 4.68. The van der Waals surface area contributed by atoms with Gasteiger partial charge in [-0.15, -0.1) is 0 Å². The molecule has 0 aliphatic heterocycles. The van der Waals surface area contributed by atoms with Crippen LogP contribution in [0.4, 0.5) is 5.69 Å². The average Bonchev–Trinajstić information content (AvgIpc) is 3.18. The van der Waals surface area contributed by atoms with E-state index in [2.05, 4.69) is 38.5 Å². The first-order valence-electron chi connectivity index (χ1n) is 9.53. The molecule has 0 spiro atoms. The minimum atomic E-state index is -0.324. The SMILES string of the molecule is CCc1ccc2oc(-c3cc(NC(=S)NC(=O)c4ccc(Br)cc4)ccc3O)nc2c1. The number of hydrogen-bond donors (Lipinski definition) is 3. The molecule has 1 heterocycles. The van der Waals surface area contributed by atoms with Gasteiger partial charge in [-0.05, 0) is 78.8 Å². The number of hydrogen-bond acceptors (Lipinski definition) is 5. The molecule has 0 bridgehead atoms. The second-order valence-electron chi connectivity index (χ2n) is 6.82. The van der Waals surface area contributed by atoms with Gasteiger partial charge in [0.15, 0.2) is 10.7 Å². The Hall–Kier alpha value is -3.23. The Labute approximate surface area is 192 Å². The molecule has 3 N–H and O–H groups in total. The second-order valence-corrected chi connectivity index (χ2v) is 8.15. The van der Waals surface area contributed by atoms with Gasteiger partial charge in [0.1, 0.15) is 11.3 Å². The number of nitrogens with zero attached hydrogens (tertiary/aromatic N) is 1. The predicted octanol–water partition coefficient (Wildman–Crippen LogP) is 5.65. The van der Waals surface area contributed by atoms with Gasteiger partial charge in [-0.2, -0.15) is 0 Å². The molecular weight excluding hydrogens is 478 g/mol. The van der Waals surface area contributed by atoms with Gasteiger partial charge in [-0.3, -0.25) is 10.1 Å². The zero-order valence-corrected chi connectivity index (χ0v) is 18.9. The van der Waals surface area contributed by atoms with Crippen LogP contribution in [-0.4, -0.2) is 21.1 Å². The first kappa shape index (κ1) is 21.0. The van der Waals surface area contributed by atoms with Gasteiger partial charge in [0.25, 0.3) is 5.91 Å². The molecule has 0 aliphatic rings. The van der Waals surface area contributed by atoms with Crippen molar-refractivity contribution in [3.63, 3.8) is 0 Å². The van der Waals surface area contributed by atoms with Crippen LogP contribution < -0.4 is 10.6 Å². The molecule has 0 fully saturated rings. The minimum absolute atomic E-state index is 0.0256. The average molecular weight is 496 g/mol. The standard InChI is InChI=1S/C23H18BrN3O3S/c1-2-13-3-10-20-18(11-13)26-22(30-20)17-12-16(8-9-19(17)28)25-23(31)27-21(29)14-4-6-15(24)7-5-14/h3-12,28H,2H2,1H3,(H2,25,27,29,31). The number of oxazole rings is 1. The lowest BCUT2D eigenvalue weighted by Gasteiger charge is -2.11. The molecule has 0 atom stereocenters. The van der Waals surface area contributed by atoms with Crippen molar-refractivity contribution in [3.05, 3.63) is 76.3 Å². The zero-order valence-electron chi connectivity index (χ0n) is 16.5. The van der Waals surface area contributed by atoms with E-state index in [4.69, 9.17) is 16.6 Å². The first-order chi connectivity index (χ1) is 14.9. The van der Waals surface area contributed by atoms with Crippen LogP contribution in [0, 0.1) is 0 Å². The molecule has 3 aromatic carbocycles. The highest BCUT2D eigenvalue weighted by atomic mass is 79.9. The lowest BCUT2D eigenvalue weighted by Crippen LogP contribution is -2.34. The number of fused-ring (bicyclic) bond motifs is 1. The van der Waals surface area contributed by atoms with Crippen LogP contribution >= 0.6 is 28.1 Å². The van der Waals surface area contributed by atoms with Gasteiger partial charge < -0.3 is 14.8 Å². The number of halogens is 1. The zero-order chi connectivity index (χ0) is 22.0. The highest BCUT2D eigenvalue weighted by Crippen LogP contribution is 2.33. The molecule has 0 saturated carbocycles. The molecule has 4 aromatic rings. The van der Waals surface area contributed by atoms with Crippen molar-refractivity contribution in [2.45, 2.75) is 13.3 Å². The molecule has 31 heavy (non-hydrogen) atoms. The number of aromatic nitrogens is 1. The lowest BCUT2D eigenvalue weighted by molar-refractivity contribution is 0.0977. The number of carbonyl (C=O) groups excluding carboxylic acids is 1. The van der Waals surface area contributed by atoms with Crippen LogP contribution in [0.15, 0.2) is 69.6 Å². The fourth-order valence-electron chi connectivity index (χ4n) is 3.03. The maximum absolute atomic E-state index is 12.3. The summed E-state index contributed by atoms with van der Waals surface area (Å²) in [5, 5.41) is 16.1. The largest absolute Gasteiger partial charge is 0.507 e. The fraction of sp³-hybridized carbons (Fsp3) is 0.0870. The molecule has 1 aromatic heterocycles. The maximum atomic E-state index is 12.3. The van der Waals surface area contributed by atoms with E-state index in [9.17, 15) is 9.90 Å². The van der Waals surface area contributed by atoms with Crippen LogP contribution in [0.25, 0.3) is 22.6 Å². The first-order valence-corrected chi connectivity index (χ1v) is 10.7. The number of nitrogens with one attached hydrogen (secondary N) is 2. The fourth-order valence-corrected chi connectivity index (χ4v) is 3.51. The Morgan fingerprint density at radius 2 is 1.90 bits per heavy atom. The Kier molecular flexibility index (Phi) is 6.01. The molecule has 0 unspecified atom stereocenters. The van der Waals surface area contributed by atoms with E-state index >= 15 is 0 Å². The number of phenolic OH excluding ortho intramolecular Hbond substituents is 1. The van der Waals surface area contributed by atoms with Gasteiger partial charge in [0, 0.05) is 15.7 Å². The number of rotatable bonds is 4. The van der Waals surface area contributed by atoms with Crippen LogP contribution in [0.3, 0.4) is 0 Å². The van der Waals surface area contributed by atoms with Crippen molar-refractivity contribution in [1.29, 1.82) is 0 Å². The van der Waals surface area contributed by atoms with Crippen LogP contribution in [0.5, 0.6) is 5.75 Å². The van der Waals surface area contributed by atoms with E-state index in [-0.39, 0.29) is 16.8 Å². The summed E-state index contributed by atoms with van der Waals surface area (Å²) in [6.07, 6.45) is 0.895. The van der Waals surface area contributed by atoms with E-state index in [0.29, 0.717) is 28.3 Å². The van der Waals surface area contributed by atoms with Crippen LogP contribution in [0.1, 0.15) is 22.8 Å². The number of amides is 1. The Balaban J connectivity index is 1.53. The highest BCUT2D eigenvalue weighted by molar-refractivity contribution is 9.10. The van der Waals surface area contributed by atoms with Gasteiger partial charge in [0.05, 0.1) is 5.56 Å². The number of phenols is 1. The Bertz CT molecular complexity index is 1290. The van der Waals surface area contributed by atoms with E-state index in [1.165, 1.54) is 6.07 Å². The normalized spacial score (nSPS) is 10.8. The highest BCUT2D eigenvalue weighted by Gasteiger charge is 2.15. The van der Waals surface area contributed by atoms with Gasteiger partial charge in [-0.25, -0.2) is 4.98 Å². The van der Waals surface area contributed by atoms with Crippen LogP contribution in [0.2, 0.25) is 0 Å². The van der Waals surface area contributed by atoms with Crippen molar-refractivity contribution in [3.8, 4) is 17.2 Å². The molecule has 0 aliphatic carbocycles. The summed E-state index contributed by atoms with van der Waals surface area (Å²) in [6, 6.07) is 17.6. The van der Waals surface area contributed by atoms with Crippen molar-refractivity contribution in [2.75, 3.05) is 5.32 Å². The topological polar surface area (TPSA) is 87.4 Å². The third kappa shape index (κ3) is 4.76. The minimum Gasteiger partial charge on any atom is -0.507 e. The molecular formula is C23H18BrN3O3S. The van der Waals surface area contributed by atoms with Crippen molar-refractivity contribution >= 4 is 56.0 Å². The molecule has 6 nitrogen and oxygen atoms in total. The second kappa shape index (κ2) is 8.87. The summed E-state index contributed by atoms with van der Waals surface area (Å²) in [6.45, 7) is 2.07. The Morgan fingerprint density at radius 1 is 1.13 bits per heavy atom. The Morgan fingerprint density at radius 3 is 2.65 bits per heavy atom. The number of thiocarbonyl (C=S) groups is 1. The lowest BCUT2D eigenvalue weighted by atomic mass is 10.1. The van der Waals surface area contributed by atoms with Gasteiger partial charge in [-0.1, -0.05) is 28.9 Å². The predicted molar refractivity (Wildman–Crippen MR) is 128 cm³/mol. The summed E-state index contributed by atoms with van der Waals surface area (Å²) in [4.78, 5) is 16.8. The summed E-state index contributed by atoms with van der Waals surface area (Å²) in [5.74, 6) is 0.00142. The van der Waals surface area contributed by atoms with Crippen molar-refractivity contribution < 1.29 is 14.3 Å². The number of anilines is 1. The van der Waals surface area contributed by atoms with E-state index < -0.39 is 0 Å². The summed E-state index contributed by atoms with van der Waals surface area (Å²) < 4.78 is 6.70. The number of aryl methyl sites for hydroxylation is 1. The van der Waals surface area contributed by atoms with E-state index in [1.807, 2.05) is 18.2 Å². The number of aromatic hydroxyl groups is 1. The summed E-state index contributed by atoms with van der Waals surface area (Å²) >= 11 is 8.59. The van der Waals surface area contributed by atoms with Crippen molar-refractivity contribution in [1.82, 2.24) is 10.3 Å². The molecule has 0 radical (unpaired) electrons. The monoisotopic (exact) mass is 495 g/mol. The number of benzene rings is 3. The summed E-state index contributed by atoms with van der Waals surface area (Å²) in [7, 11) is 0. The van der Waals surface area contributed by atoms with E-state index in [1.54, 1.807) is 36.4 Å². The molecule has 8 heteroatoms. The van der Waals surface area contributed by atoms with Crippen LogP contribution in [-0.2, 0) is 6.42 Å². The maximum Gasteiger partial charge on any atom is 0.257 e. The third-order valence-corrected chi connectivity index (χ3v) is 5.41. The van der Waals surface area contributed by atoms with E-state index in [0.717, 1.165) is 22.0 Å². The number of carbonyl (C=O) groups is 1. The smallest absolute Gasteiger partial charge is 0.257 e.